The minimum Gasteiger partial charge on any atom is -0.371 e. The van der Waals surface area contributed by atoms with Gasteiger partial charge in [0.1, 0.15) is 0 Å². The van der Waals surface area contributed by atoms with Crippen LogP contribution in [-0.2, 0) is 38.9 Å². The molecule has 49 heavy (non-hydrogen) atoms. The van der Waals surface area contributed by atoms with Crippen molar-refractivity contribution in [2.75, 3.05) is 31.1 Å². The van der Waals surface area contributed by atoms with Crippen LogP contribution in [0.25, 0.3) is 11.1 Å². The quantitative estimate of drug-likeness (QED) is 0.143. The van der Waals surface area contributed by atoms with Gasteiger partial charge in [0.25, 0.3) is 0 Å². The highest BCUT2D eigenvalue weighted by Crippen LogP contribution is 2.42. The summed E-state index contributed by atoms with van der Waals surface area (Å²) >= 11 is 6.63. The lowest BCUT2D eigenvalue weighted by molar-refractivity contribution is 0.245. The fourth-order valence-electron chi connectivity index (χ4n) is 7.92. The van der Waals surface area contributed by atoms with Gasteiger partial charge in [-0.2, -0.15) is 0 Å². The number of anilines is 1. The second-order valence-electron chi connectivity index (χ2n) is 15.3. The normalized spacial score (nSPS) is 16.2. The summed E-state index contributed by atoms with van der Waals surface area (Å²) in [6, 6.07) is 24.4. The molecule has 2 aliphatic heterocycles. The van der Waals surface area contributed by atoms with Crippen LogP contribution in [0.1, 0.15) is 97.6 Å². The Labute approximate surface area is 301 Å². The number of aryl methyl sites for hydroxylation is 3. The first kappa shape index (κ1) is 35.6. The van der Waals surface area contributed by atoms with Gasteiger partial charge in [-0.05, 0) is 116 Å². The van der Waals surface area contributed by atoms with Crippen molar-refractivity contribution in [3.63, 3.8) is 0 Å². The van der Waals surface area contributed by atoms with Crippen LogP contribution in [0.3, 0.4) is 0 Å². The van der Waals surface area contributed by atoms with Gasteiger partial charge in [0.05, 0.1) is 11.4 Å². The topological polar surface area (TPSA) is 31.4 Å². The number of nitrogens with one attached hydrogen (secondary N) is 1. The first-order valence-electron chi connectivity index (χ1n) is 18.8. The number of aromatic nitrogens is 1. The van der Waals surface area contributed by atoms with Crippen LogP contribution in [0, 0.1) is 19.3 Å². The Balaban J connectivity index is 1.24. The second-order valence-corrected chi connectivity index (χ2v) is 15.7. The van der Waals surface area contributed by atoms with E-state index in [4.69, 9.17) is 16.6 Å². The molecule has 0 radical (unpaired) electrons. The van der Waals surface area contributed by atoms with Gasteiger partial charge < -0.3 is 10.2 Å². The molecule has 0 atom stereocenters. The van der Waals surface area contributed by atoms with Crippen molar-refractivity contribution in [1.82, 2.24) is 15.2 Å². The van der Waals surface area contributed by atoms with E-state index in [2.05, 4.69) is 104 Å². The predicted octanol–water partition coefficient (Wildman–Crippen LogP) is 10.3. The van der Waals surface area contributed by atoms with Gasteiger partial charge in [0.15, 0.2) is 0 Å². The largest absolute Gasteiger partial charge is 0.371 e. The summed E-state index contributed by atoms with van der Waals surface area (Å²) in [7, 11) is 0. The van der Waals surface area contributed by atoms with E-state index in [9.17, 15) is 0 Å². The van der Waals surface area contributed by atoms with Crippen LogP contribution in [0.4, 0.5) is 5.69 Å². The first-order valence-corrected chi connectivity index (χ1v) is 19.2. The maximum Gasteiger partial charge on any atom is 0.0644 e. The Bertz CT molecular complexity index is 1680. The second kappa shape index (κ2) is 16.2. The van der Waals surface area contributed by atoms with Gasteiger partial charge in [-0.3, -0.25) is 9.88 Å². The van der Waals surface area contributed by atoms with Crippen LogP contribution in [0.5, 0.6) is 0 Å². The lowest BCUT2D eigenvalue weighted by Gasteiger charge is -2.40. The molecule has 0 saturated carbocycles. The highest BCUT2D eigenvalue weighted by Gasteiger charge is 2.30. The molecule has 260 valence electrons. The zero-order valence-electron chi connectivity index (χ0n) is 30.7. The van der Waals surface area contributed by atoms with E-state index < -0.39 is 0 Å². The molecule has 3 heterocycles. The average Bonchev–Trinajstić information content (AvgIpc) is 3.09. The zero-order valence-corrected chi connectivity index (χ0v) is 31.4. The van der Waals surface area contributed by atoms with Crippen molar-refractivity contribution in [1.29, 1.82) is 0 Å². The number of pyridine rings is 1. The van der Waals surface area contributed by atoms with Crippen LogP contribution in [-0.4, -0.2) is 36.1 Å². The summed E-state index contributed by atoms with van der Waals surface area (Å²) < 4.78 is 0. The standard InChI is InChI=1S/C44H57ClN4/c1-6-38-33(3)47-41(29-46-24-12-8-11-17-34-15-9-7-10-16-34)42(43(38)49-26-22-44(4,5)23-27-49)36-19-20-37-30-48(25-21-35(37)28-36)31-39-32(2)14-13-18-40(39)45/h7,9-10,13-16,18-20,28,46H,6,8,11-12,17,21-27,29-31H2,1-5H3. The lowest BCUT2D eigenvalue weighted by Crippen LogP contribution is -2.38. The van der Waals surface area contributed by atoms with Gasteiger partial charge in [-0.15, -0.1) is 0 Å². The molecule has 0 unspecified atom stereocenters. The first-order chi connectivity index (χ1) is 23.7. The van der Waals surface area contributed by atoms with E-state index in [1.54, 1.807) is 0 Å². The number of halogens is 1. The molecule has 0 bridgehead atoms. The molecule has 0 spiro atoms. The van der Waals surface area contributed by atoms with Crippen molar-refractivity contribution < 1.29 is 0 Å². The van der Waals surface area contributed by atoms with Crippen molar-refractivity contribution in [2.45, 2.75) is 106 Å². The summed E-state index contributed by atoms with van der Waals surface area (Å²) in [4.78, 5) is 10.6. The fourth-order valence-corrected chi connectivity index (χ4v) is 8.20. The number of fused-ring (bicyclic) bond motifs is 1. The van der Waals surface area contributed by atoms with Gasteiger partial charge >= 0.3 is 0 Å². The Kier molecular flexibility index (Phi) is 11.8. The van der Waals surface area contributed by atoms with Crippen molar-refractivity contribution in [3.05, 3.63) is 117 Å². The van der Waals surface area contributed by atoms with E-state index in [0.29, 0.717) is 5.41 Å². The molecule has 6 rings (SSSR count). The van der Waals surface area contributed by atoms with Crippen LogP contribution >= 0.6 is 11.6 Å². The highest BCUT2D eigenvalue weighted by atomic mass is 35.5. The Hall–Kier alpha value is -3.18. The predicted molar refractivity (Wildman–Crippen MR) is 209 cm³/mol. The van der Waals surface area contributed by atoms with E-state index in [-0.39, 0.29) is 0 Å². The Morgan fingerprint density at radius 3 is 2.41 bits per heavy atom. The maximum absolute atomic E-state index is 6.63. The third-order valence-corrected chi connectivity index (χ3v) is 11.5. The zero-order chi connectivity index (χ0) is 34.4. The molecule has 0 amide bonds. The van der Waals surface area contributed by atoms with Gasteiger partial charge in [0, 0.05) is 55.5 Å². The molecule has 1 saturated heterocycles. The molecule has 1 fully saturated rings. The van der Waals surface area contributed by atoms with Gasteiger partial charge in [0.2, 0.25) is 0 Å². The SMILES string of the molecule is CCc1c(C)nc(CNCCCCCc2ccccc2)c(-c2ccc3c(c2)CCN(Cc2c(C)cccc2Cl)C3)c1N1CCC(C)(C)CC1. The molecule has 5 heteroatoms. The number of unbranched alkanes of at least 4 members (excludes halogenated alkanes) is 2. The lowest BCUT2D eigenvalue weighted by atomic mass is 9.81. The minimum atomic E-state index is 0.399. The number of hydrogen-bond donors (Lipinski definition) is 1. The summed E-state index contributed by atoms with van der Waals surface area (Å²) in [6.45, 7) is 18.5. The highest BCUT2D eigenvalue weighted by molar-refractivity contribution is 6.31. The third kappa shape index (κ3) is 8.77. The van der Waals surface area contributed by atoms with Crippen LogP contribution < -0.4 is 10.2 Å². The smallest absolute Gasteiger partial charge is 0.0644 e. The van der Waals surface area contributed by atoms with E-state index in [1.807, 2.05) is 12.1 Å². The number of hydrogen-bond acceptors (Lipinski definition) is 4. The number of benzene rings is 3. The van der Waals surface area contributed by atoms with Crippen LogP contribution in [0.15, 0.2) is 66.7 Å². The van der Waals surface area contributed by atoms with Gasteiger partial charge in [-0.1, -0.05) is 99.5 Å². The number of piperidine rings is 1. The Morgan fingerprint density at radius 1 is 0.857 bits per heavy atom. The molecular formula is C44H57ClN4. The molecule has 1 N–H and O–H groups in total. The van der Waals surface area contributed by atoms with Crippen molar-refractivity contribution >= 4 is 17.3 Å². The number of rotatable bonds is 13. The average molecular weight is 677 g/mol. The van der Waals surface area contributed by atoms with Crippen molar-refractivity contribution in [3.8, 4) is 11.1 Å². The third-order valence-electron chi connectivity index (χ3n) is 11.1. The molecule has 3 aromatic carbocycles. The summed E-state index contributed by atoms with van der Waals surface area (Å²) in [5.41, 5.74) is 15.2. The molecule has 4 nitrogen and oxygen atoms in total. The monoisotopic (exact) mass is 676 g/mol. The summed E-state index contributed by atoms with van der Waals surface area (Å²) in [5, 5.41) is 4.70. The minimum absolute atomic E-state index is 0.399. The molecular weight excluding hydrogens is 620 g/mol. The van der Waals surface area contributed by atoms with E-state index in [1.165, 1.54) is 93.7 Å². The van der Waals surface area contributed by atoms with Gasteiger partial charge in [-0.25, -0.2) is 0 Å². The van der Waals surface area contributed by atoms with Crippen LogP contribution in [0.2, 0.25) is 5.02 Å². The molecule has 1 aromatic heterocycles. The summed E-state index contributed by atoms with van der Waals surface area (Å²) in [5.74, 6) is 0. The molecule has 4 aromatic rings. The number of nitrogens with zero attached hydrogens (tertiary/aromatic N) is 3. The van der Waals surface area contributed by atoms with E-state index in [0.717, 1.165) is 70.1 Å². The fraction of sp³-hybridized carbons (Fsp3) is 0.477. The van der Waals surface area contributed by atoms with Crippen molar-refractivity contribution in [2.24, 2.45) is 5.41 Å². The molecule has 2 aliphatic rings. The molecule has 0 aliphatic carbocycles. The maximum atomic E-state index is 6.63. The summed E-state index contributed by atoms with van der Waals surface area (Å²) in [6.07, 6.45) is 9.31. The Morgan fingerprint density at radius 2 is 1.65 bits per heavy atom. The van der Waals surface area contributed by atoms with E-state index >= 15 is 0 Å².